The number of nitrogens with one attached hydrogen (secondary N) is 2. The number of rotatable bonds is 4. The van der Waals surface area contributed by atoms with Crippen molar-refractivity contribution in [3.05, 3.63) is 41.3 Å². The highest BCUT2D eigenvalue weighted by Gasteiger charge is 2.12. The van der Waals surface area contributed by atoms with Crippen molar-refractivity contribution in [3.8, 4) is 0 Å². The normalized spacial score (nSPS) is 10.8. The Hall–Kier alpha value is -2.21. The smallest absolute Gasteiger partial charge is 0.295 e. The molecule has 0 spiro atoms. The van der Waals surface area contributed by atoms with Crippen LogP contribution in [-0.2, 0) is 6.42 Å². The van der Waals surface area contributed by atoms with Gasteiger partial charge in [-0.05, 0) is 41.5 Å². The third-order valence-electron chi connectivity index (χ3n) is 2.93. The number of hydrogen-bond donors (Lipinski definition) is 2. The Kier molecular flexibility index (Phi) is 3.47. The minimum absolute atomic E-state index is 0.180. The summed E-state index contributed by atoms with van der Waals surface area (Å²) in [6.45, 7) is 2.05. The fourth-order valence-corrected chi connectivity index (χ4v) is 2.75. The molecule has 0 saturated carbocycles. The van der Waals surface area contributed by atoms with Gasteiger partial charge >= 0.3 is 0 Å². The van der Waals surface area contributed by atoms with Crippen molar-refractivity contribution in [2.24, 2.45) is 0 Å². The molecule has 2 heterocycles. The van der Waals surface area contributed by atoms with Gasteiger partial charge in [-0.25, -0.2) is 4.98 Å². The molecule has 0 aliphatic heterocycles. The topological polar surface area (TPSA) is 70.7 Å². The van der Waals surface area contributed by atoms with E-state index in [0.29, 0.717) is 0 Å². The van der Waals surface area contributed by atoms with Gasteiger partial charge in [-0.3, -0.25) is 9.89 Å². The number of aryl methyl sites for hydroxylation is 1. The lowest BCUT2D eigenvalue weighted by Crippen LogP contribution is -2.13. The average Bonchev–Trinajstić information content (AvgIpc) is 3.07. The van der Waals surface area contributed by atoms with Crippen LogP contribution in [-0.4, -0.2) is 21.1 Å². The summed E-state index contributed by atoms with van der Waals surface area (Å²) in [6, 6.07) is 7.86. The van der Waals surface area contributed by atoms with Crippen LogP contribution in [0.25, 0.3) is 10.1 Å². The number of aromatic amines is 1. The minimum atomic E-state index is -0.293. The van der Waals surface area contributed by atoms with Crippen LogP contribution in [0.3, 0.4) is 0 Å². The summed E-state index contributed by atoms with van der Waals surface area (Å²) in [5.41, 5.74) is 0.753. The van der Waals surface area contributed by atoms with Crippen LogP contribution in [0, 0.1) is 0 Å². The van der Waals surface area contributed by atoms with E-state index in [2.05, 4.69) is 27.4 Å². The summed E-state index contributed by atoms with van der Waals surface area (Å²) in [6.07, 6.45) is 1.76. The van der Waals surface area contributed by atoms with Crippen molar-refractivity contribution in [1.29, 1.82) is 0 Å². The van der Waals surface area contributed by atoms with E-state index in [9.17, 15) is 4.79 Å². The van der Waals surface area contributed by atoms with Gasteiger partial charge < -0.3 is 5.32 Å². The molecule has 6 heteroatoms. The third kappa shape index (κ3) is 2.55. The molecule has 0 bridgehead atoms. The molecular weight excluding hydrogens is 272 g/mol. The maximum absolute atomic E-state index is 12.1. The maximum atomic E-state index is 12.1. The summed E-state index contributed by atoms with van der Waals surface area (Å²) in [5.74, 6) is 0.628. The van der Waals surface area contributed by atoms with E-state index < -0.39 is 0 Å². The second kappa shape index (κ2) is 5.42. The molecule has 102 valence electrons. The Morgan fingerprint density at radius 2 is 2.30 bits per heavy atom. The summed E-state index contributed by atoms with van der Waals surface area (Å²) < 4.78 is 1.20. The molecule has 1 aromatic carbocycles. The average molecular weight is 286 g/mol. The summed E-state index contributed by atoms with van der Waals surface area (Å²) in [5, 5.41) is 12.7. The molecule has 2 N–H and O–H groups in total. The number of aromatic nitrogens is 3. The molecule has 0 aliphatic carbocycles. The lowest BCUT2D eigenvalue weighted by Gasteiger charge is -2.02. The van der Waals surface area contributed by atoms with Crippen molar-refractivity contribution in [3.63, 3.8) is 0 Å². The molecule has 2 aromatic heterocycles. The van der Waals surface area contributed by atoms with E-state index >= 15 is 0 Å². The SMILES string of the molecule is CCCc1nc(C(=O)Nc2ccc3sccc3c2)n[nH]1. The van der Waals surface area contributed by atoms with Gasteiger partial charge in [0.05, 0.1) is 0 Å². The van der Waals surface area contributed by atoms with Gasteiger partial charge in [-0.2, -0.15) is 0 Å². The zero-order valence-corrected chi connectivity index (χ0v) is 11.8. The monoisotopic (exact) mass is 286 g/mol. The van der Waals surface area contributed by atoms with Crippen molar-refractivity contribution < 1.29 is 4.79 Å². The second-order valence-electron chi connectivity index (χ2n) is 4.48. The molecule has 5 nitrogen and oxygen atoms in total. The Bertz CT molecular complexity index is 746. The number of carbonyl (C=O) groups is 1. The number of fused-ring (bicyclic) bond motifs is 1. The predicted molar refractivity (Wildman–Crippen MR) is 80.2 cm³/mol. The molecule has 0 radical (unpaired) electrons. The Balaban J connectivity index is 1.76. The van der Waals surface area contributed by atoms with Gasteiger partial charge in [-0.15, -0.1) is 16.4 Å². The van der Waals surface area contributed by atoms with Crippen molar-refractivity contribution in [2.45, 2.75) is 19.8 Å². The highest BCUT2D eigenvalue weighted by Crippen LogP contribution is 2.24. The van der Waals surface area contributed by atoms with E-state index in [4.69, 9.17) is 0 Å². The van der Waals surface area contributed by atoms with Crippen LogP contribution >= 0.6 is 11.3 Å². The first-order valence-electron chi connectivity index (χ1n) is 6.46. The van der Waals surface area contributed by atoms with Gasteiger partial charge in [0.25, 0.3) is 5.91 Å². The Morgan fingerprint density at radius 1 is 1.40 bits per heavy atom. The van der Waals surface area contributed by atoms with Gasteiger partial charge in [0, 0.05) is 16.8 Å². The highest BCUT2D eigenvalue weighted by atomic mass is 32.1. The van der Waals surface area contributed by atoms with E-state index in [-0.39, 0.29) is 11.7 Å². The van der Waals surface area contributed by atoms with E-state index in [0.717, 1.165) is 29.7 Å². The van der Waals surface area contributed by atoms with Crippen LogP contribution in [0.15, 0.2) is 29.6 Å². The number of carbonyl (C=O) groups excluding carboxylic acids is 1. The number of hydrogen-bond acceptors (Lipinski definition) is 4. The van der Waals surface area contributed by atoms with Gasteiger partial charge in [-0.1, -0.05) is 6.92 Å². The first-order chi connectivity index (χ1) is 9.76. The third-order valence-corrected chi connectivity index (χ3v) is 3.83. The first kappa shape index (κ1) is 12.8. The minimum Gasteiger partial charge on any atom is -0.319 e. The van der Waals surface area contributed by atoms with Gasteiger partial charge in [0.2, 0.25) is 5.82 Å². The molecular formula is C14H14N4OS. The maximum Gasteiger partial charge on any atom is 0.295 e. The summed E-state index contributed by atoms with van der Waals surface area (Å²) in [4.78, 5) is 16.2. The number of H-pyrrole nitrogens is 1. The van der Waals surface area contributed by atoms with E-state index in [1.54, 1.807) is 11.3 Å². The second-order valence-corrected chi connectivity index (χ2v) is 5.43. The van der Waals surface area contributed by atoms with Crippen molar-refractivity contribution in [2.75, 3.05) is 5.32 Å². The molecule has 0 fully saturated rings. The standard InChI is InChI=1S/C14H14N4OS/c1-2-3-12-16-13(18-17-12)14(19)15-10-4-5-11-9(8-10)6-7-20-11/h4-8H,2-3H2,1H3,(H,15,19)(H,16,17,18). The number of anilines is 1. The number of benzene rings is 1. The predicted octanol–water partition coefficient (Wildman–Crippen LogP) is 3.22. The lowest BCUT2D eigenvalue weighted by molar-refractivity contribution is 0.101. The zero-order chi connectivity index (χ0) is 13.9. The summed E-state index contributed by atoms with van der Waals surface area (Å²) in [7, 11) is 0. The van der Waals surface area contributed by atoms with Crippen LogP contribution in [0.2, 0.25) is 0 Å². The van der Waals surface area contributed by atoms with Crippen LogP contribution in [0.5, 0.6) is 0 Å². The van der Waals surface area contributed by atoms with Crippen molar-refractivity contribution >= 4 is 33.0 Å². The number of thiophene rings is 1. The Labute approximate surface area is 120 Å². The number of amides is 1. The van der Waals surface area contributed by atoms with Crippen LogP contribution in [0.4, 0.5) is 5.69 Å². The number of nitrogens with zero attached hydrogens (tertiary/aromatic N) is 2. The van der Waals surface area contributed by atoms with Gasteiger partial charge in [0.1, 0.15) is 5.82 Å². The first-order valence-corrected chi connectivity index (χ1v) is 7.34. The molecule has 0 unspecified atom stereocenters. The molecule has 3 rings (SSSR count). The van der Waals surface area contributed by atoms with Crippen molar-refractivity contribution in [1.82, 2.24) is 15.2 Å². The molecule has 0 saturated heterocycles. The quantitative estimate of drug-likeness (QED) is 0.773. The molecule has 0 atom stereocenters. The van der Waals surface area contributed by atoms with Gasteiger partial charge in [0.15, 0.2) is 0 Å². The molecule has 20 heavy (non-hydrogen) atoms. The fraction of sp³-hybridized carbons (Fsp3) is 0.214. The molecule has 3 aromatic rings. The summed E-state index contributed by atoms with van der Waals surface area (Å²) >= 11 is 1.68. The largest absolute Gasteiger partial charge is 0.319 e. The van der Waals surface area contributed by atoms with E-state index in [1.807, 2.05) is 29.6 Å². The Morgan fingerprint density at radius 3 is 3.15 bits per heavy atom. The van der Waals surface area contributed by atoms with Crippen LogP contribution < -0.4 is 5.32 Å². The van der Waals surface area contributed by atoms with Crippen LogP contribution in [0.1, 0.15) is 29.8 Å². The molecule has 0 aliphatic rings. The lowest BCUT2D eigenvalue weighted by atomic mass is 10.2. The highest BCUT2D eigenvalue weighted by molar-refractivity contribution is 7.17. The molecule has 1 amide bonds. The van der Waals surface area contributed by atoms with E-state index in [1.165, 1.54) is 4.70 Å². The zero-order valence-electron chi connectivity index (χ0n) is 11.0. The fourth-order valence-electron chi connectivity index (χ4n) is 1.98.